The van der Waals surface area contributed by atoms with E-state index in [4.69, 9.17) is 0 Å². The Bertz CT molecular complexity index is 565. The molecule has 0 aromatic carbocycles. The van der Waals surface area contributed by atoms with Gasteiger partial charge in [0.1, 0.15) is 0 Å². The second kappa shape index (κ2) is 5.14. The molecule has 1 aromatic heterocycles. The number of hydrogen-bond donors (Lipinski definition) is 2. The van der Waals surface area contributed by atoms with Gasteiger partial charge in [0.05, 0.1) is 0 Å². The molecule has 0 radical (unpaired) electrons. The summed E-state index contributed by atoms with van der Waals surface area (Å²) >= 11 is 0.749. The predicted molar refractivity (Wildman–Crippen MR) is 71.4 cm³/mol. The van der Waals surface area contributed by atoms with E-state index in [2.05, 4.69) is 16.6 Å². The van der Waals surface area contributed by atoms with Crippen LogP contribution in [-0.2, 0) is 10.0 Å². The highest BCUT2D eigenvalue weighted by molar-refractivity contribution is 7.91. The number of sulfonamides is 1. The molecule has 0 atom stereocenters. The van der Waals surface area contributed by atoms with Gasteiger partial charge < -0.3 is 4.98 Å². The molecule has 102 valence electrons. The average molecular weight is 290 g/mol. The van der Waals surface area contributed by atoms with Crippen LogP contribution in [0.4, 0.5) is 0 Å². The molecule has 2 rings (SSSR count). The summed E-state index contributed by atoms with van der Waals surface area (Å²) < 4.78 is 27.1. The third-order valence-electron chi connectivity index (χ3n) is 3.36. The van der Waals surface area contributed by atoms with Crippen LogP contribution in [-0.4, -0.2) is 19.4 Å². The summed E-state index contributed by atoms with van der Waals surface area (Å²) in [5.74, 6) is 0.677. The number of nitrogens with one attached hydrogen (secondary N) is 2. The maximum atomic E-state index is 12.2. The normalized spacial score (nSPS) is 25.2. The molecule has 18 heavy (non-hydrogen) atoms. The van der Waals surface area contributed by atoms with Gasteiger partial charge in [-0.05, 0) is 38.5 Å². The van der Waals surface area contributed by atoms with Gasteiger partial charge in [-0.1, -0.05) is 18.3 Å². The van der Waals surface area contributed by atoms with Crippen molar-refractivity contribution in [2.45, 2.75) is 49.8 Å². The summed E-state index contributed by atoms with van der Waals surface area (Å²) in [6.45, 7) is 3.79. The summed E-state index contributed by atoms with van der Waals surface area (Å²) in [7, 11) is -3.55. The van der Waals surface area contributed by atoms with Crippen molar-refractivity contribution in [1.29, 1.82) is 0 Å². The molecule has 0 amide bonds. The summed E-state index contributed by atoms with van der Waals surface area (Å²) in [4.78, 5) is 13.3. The lowest BCUT2D eigenvalue weighted by molar-refractivity contribution is 0.332. The molecule has 5 nitrogen and oxygen atoms in total. The molecule has 0 bridgehead atoms. The minimum absolute atomic E-state index is 0.00259. The number of aryl methyl sites for hydroxylation is 1. The van der Waals surface area contributed by atoms with E-state index >= 15 is 0 Å². The second-order valence-electron chi connectivity index (χ2n) is 5.01. The fourth-order valence-electron chi connectivity index (χ4n) is 2.30. The van der Waals surface area contributed by atoms with Crippen molar-refractivity contribution in [2.75, 3.05) is 0 Å². The Balaban J connectivity index is 2.13. The van der Waals surface area contributed by atoms with Gasteiger partial charge in [-0.25, -0.2) is 13.1 Å². The summed E-state index contributed by atoms with van der Waals surface area (Å²) in [5, 5.41) is 0. The van der Waals surface area contributed by atoms with E-state index in [1.165, 1.54) is 0 Å². The van der Waals surface area contributed by atoms with Crippen LogP contribution in [0.15, 0.2) is 9.00 Å². The minimum atomic E-state index is -3.55. The fourth-order valence-corrected chi connectivity index (χ4v) is 4.92. The molecule has 1 fully saturated rings. The number of hydrogen-bond acceptors (Lipinski definition) is 4. The first kappa shape index (κ1) is 13.8. The fraction of sp³-hybridized carbons (Fsp3) is 0.727. The molecule has 0 aliphatic heterocycles. The zero-order chi connectivity index (χ0) is 13.3. The Labute approximate surface area is 111 Å². The van der Waals surface area contributed by atoms with Gasteiger partial charge in [0.25, 0.3) is 10.0 Å². The van der Waals surface area contributed by atoms with Crippen LogP contribution in [0.25, 0.3) is 0 Å². The maximum Gasteiger partial charge on any atom is 0.305 e. The van der Waals surface area contributed by atoms with Gasteiger partial charge in [0, 0.05) is 11.7 Å². The second-order valence-corrected chi connectivity index (χ2v) is 7.90. The van der Waals surface area contributed by atoms with Crippen LogP contribution in [0.2, 0.25) is 0 Å². The van der Waals surface area contributed by atoms with Crippen molar-refractivity contribution < 1.29 is 8.42 Å². The van der Waals surface area contributed by atoms with Crippen LogP contribution in [0.1, 0.15) is 38.3 Å². The average Bonchev–Trinajstić information content (AvgIpc) is 2.62. The highest BCUT2D eigenvalue weighted by Crippen LogP contribution is 2.25. The van der Waals surface area contributed by atoms with Gasteiger partial charge in [-0.15, -0.1) is 0 Å². The maximum absolute atomic E-state index is 12.2. The van der Waals surface area contributed by atoms with Gasteiger partial charge in [0.2, 0.25) is 0 Å². The van der Waals surface area contributed by atoms with Crippen molar-refractivity contribution in [3.63, 3.8) is 0 Å². The van der Waals surface area contributed by atoms with Crippen LogP contribution >= 0.6 is 11.3 Å². The van der Waals surface area contributed by atoms with Gasteiger partial charge in [0.15, 0.2) is 4.21 Å². The van der Waals surface area contributed by atoms with Crippen molar-refractivity contribution in [3.8, 4) is 0 Å². The van der Waals surface area contributed by atoms with E-state index in [1.54, 1.807) is 6.92 Å². The van der Waals surface area contributed by atoms with E-state index in [1.807, 2.05) is 0 Å². The molecule has 0 spiro atoms. The molecule has 1 aliphatic carbocycles. The first-order chi connectivity index (χ1) is 8.38. The Morgan fingerprint density at radius 2 is 1.89 bits per heavy atom. The molecule has 0 unspecified atom stereocenters. The van der Waals surface area contributed by atoms with Crippen molar-refractivity contribution >= 4 is 21.4 Å². The SMILES string of the molecule is Cc1[nH]c(=O)sc1S(=O)(=O)NC1CCC(C)CC1. The largest absolute Gasteiger partial charge is 0.315 e. The zero-order valence-electron chi connectivity index (χ0n) is 10.5. The van der Waals surface area contributed by atoms with Crippen LogP contribution in [0.5, 0.6) is 0 Å². The minimum Gasteiger partial charge on any atom is -0.315 e. The molecule has 1 heterocycles. The van der Waals surface area contributed by atoms with Crippen molar-refractivity contribution in [2.24, 2.45) is 5.92 Å². The Hall–Kier alpha value is -0.660. The molecule has 2 N–H and O–H groups in total. The lowest BCUT2D eigenvalue weighted by Crippen LogP contribution is -2.37. The Morgan fingerprint density at radius 1 is 1.28 bits per heavy atom. The van der Waals surface area contributed by atoms with Gasteiger partial charge in [-0.3, -0.25) is 4.79 Å². The van der Waals surface area contributed by atoms with Crippen LogP contribution in [0.3, 0.4) is 0 Å². The van der Waals surface area contributed by atoms with Gasteiger partial charge >= 0.3 is 4.87 Å². The molecule has 0 saturated heterocycles. The van der Waals surface area contributed by atoms with Crippen LogP contribution in [0, 0.1) is 12.8 Å². The highest BCUT2D eigenvalue weighted by Gasteiger charge is 2.26. The third kappa shape index (κ3) is 3.02. The van der Waals surface area contributed by atoms with Crippen LogP contribution < -0.4 is 9.60 Å². The number of aromatic nitrogens is 1. The highest BCUT2D eigenvalue weighted by atomic mass is 32.2. The quantitative estimate of drug-likeness (QED) is 0.887. The molecule has 7 heteroatoms. The predicted octanol–water partition coefficient (Wildman–Crippen LogP) is 1.60. The lowest BCUT2D eigenvalue weighted by atomic mass is 9.88. The third-order valence-corrected chi connectivity index (χ3v) is 6.49. The van der Waals surface area contributed by atoms with Gasteiger partial charge in [-0.2, -0.15) is 0 Å². The first-order valence-electron chi connectivity index (χ1n) is 6.10. The number of rotatable bonds is 3. The van der Waals surface area contributed by atoms with E-state index in [0.717, 1.165) is 37.0 Å². The Kier molecular flexibility index (Phi) is 3.93. The van der Waals surface area contributed by atoms with E-state index in [-0.39, 0.29) is 15.1 Å². The standard InChI is InChI=1S/C11H18N2O3S2/c1-7-3-5-9(6-4-7)13-18(15,16)10-8(2)12-11(14)17-10/h7,9,13H,3-6H2,1-2H3,(H,12,14). The molecule has 1 aromatic rings. The zero-order valence-corrected chi connectivity index (χ0v) is 12.2. The van der Waals surface area contributed by atoms with Crippen molar-refractivity contribution in [3.05, 3.63) is 15.4 Å². The summed E-state index contributed by atoms with van der Waals surface area (Å²) in [5.41, 5.74) is 0.418. The molecule has 1 aliphatic rings. The Morgan fingerprint density at radius 3 is 2.39 bits per heavy atom. The molecular weight excluding hydrogens is 272 g/mol. The van der Waals surface area contributed by atoms with E-state index in [0.29, 0.717) is 11.6 Å². The first-order valence-corrected chi connectivity index (χ1v) is 8.40. The number of thiazole rings is 1. The van der Waals surface area contributed by atoms with E-state index < -0.39 is 10.0 Å². The van der Waals surface area contributed by atoms with Crippen molar-refractivity contribution in [1.82, 2.24) is 9.71 Å². The topological polar surface area (TPSA) is 79.0 Å². The lowest BCUT2D eigenvalue weighted by Gasteiger charge is -2.26. The summed E-state index contributed by atoms with van der Waals surface area (Å²) in [6, 6.07) is 0.00259. The summed E-state index contributed by atoms with van der Waals surface area (Å²) in [6.07, 6.45) is 3.85. The monoisotopic (exact) mass is 290 g/mol. The molecule has 1 saturated carbocycles. The molecular formula is C11H18N2O3S2. The number of H-pyrrole nitrogens is 1. The number of aromatic amines is 1. The smallest absolute Gasteiger partial charge is 0.305 e. The van der Waals surface area contributed by atoms with E-state index in [9.17, 15) is 13.2 Å².